The van der Waals surface area contributed by atoms with Crippen LogP contribution in [-0.4, -0.2) is 4.98 Å². The van der Waals surface area contributed by atoms with E-state index in [0.717, 1.165) is 18.3 Å². The van der Waals surface area contributed by atoms with Crippen molar-refractivity contribution in [2.45, 2.75) is 52.4 Å². The van der Waals surface area contributed by atoms with Gasteiger partial charge in [-0.25, -0.2) is 4.98 Å². The van der Waals surface area contributed by atoms with Crippen molar-refractivity contribution in [1.29, 1.82) is 0 Å². The van der Waals surface area contributed by atoms with E-state index >= 15 is 0 Å². The van der Waals surface area contributed by atoms with Crippen LogP contribution >= 0.6 is 11.3 Å². The average molecular weight is 301 g/mol. The normalized spacial score (nSPS) is 12.7. The standard InChI is InChI=1S/C19H27NS/c1-16(2)15-18(9-6-10-19-20-13-14-21-19)12-11-17-7-4-3-5-8-17/h3-5,7-8,13-14,16,18H,6,9-12,15H2,1-2H3. The third kappa shape index (κ3) is 6.43. The van der Waals surface area contributed by atoms with E-state index in [2.05, 4.69) is 54.5 Å². The lowest BCUT2D eigenvalue weighted by atomic mass is 9.87. The fourth-order valence-electron chi connectivity index (χ4n) is 2.98. The van der Waals surface area contributed by atoms with Crippen molar-refractivity contribution in [1.82, 2.24) is 4.98 Å². The summed E-state index contributed by atoms with van der Waals surface area (Å²) in [5.74, 6) is 1.65. The van der Waals surface area contributed by atoms with Crippen molar-refractivity contribution in [3.05, 3.63) is 52.5 Å². The summed E-state index contributed by atoms with van der Waals surface area (Å²) in [6.45, 7) is 4.69. The van der Waals surface area contributed by atoms with E-state index in [1.165, 1.54) is 42.7 Å². The molecule has 0 spiro atoms. The highest BCUT2D eigenvalue weighted by molar-refractivity contribution is 7.09. The maximum Gasteiger partial charge on any atom is 0.0924 e. The van der Waals surface area contributed by atoms with Crippen molar-refractivity contribution >= 4 is 11.3 Å². The number of aryl methyl sites for hydroxylation is 2. The molecule has 114 valence electrons. The second-order valence-corrected chi connectivity index (χ2v) is 7.32. The summed E-state index contributed by atoms with van der Waals surface area (Å²) in [6, 6.07) is 10.9. The van der Waals surface area contributed by atoms with Crippen LogP contribution in [0.15, 0.2) is 41.9 Å². The summed E-state index contributed by atoms with van der Waals surface area (Å²) in [4.78, 5) is 4.39. The van der Waals surface area contributed by atoms with Gasteiger partial charge in [-0.15, -0.1) is 11.3 Å². The first-order valence-corrected chi connectivity index (χ1v) is 9.04. The van der Waals surface area contributed by atoms with Gasteiger partial charge < -0.3 is 0 Å². The van der Waals surface area contributed by atoms with E-state index in [-0.39, 0.29) is 0 Å². The molecule has 0 saturated heterocycles. The Labute approximate surface area is 133 Å². The first-order chi connectivity index (χ1) is 10.2. The van der Waals surface area contributed by atoms with E-state index in [1.54, 1.807) is 11.3 Å². The molecule has 0 saturated carbocycles. The fourth-order valence-corrected chi connectivity index (χ4v) is 3.64. The largest absolute Gasteiger partial charge is 0.250 e. The summed E-state index contributed by atoms with van der Waals surface area (Å²) in [5, 5.41) is 3.37. The number of hydrogen-bond acceptors (Lipinski definition) is 2. The highest BCUT2D eigenvalue weighted by atomic mass is 32.1. The summed E-state index contributed by atoms with van der Waals surface area (Å²) in [7, 11) is 0. The van der Waals surface area contributed by atoms with Crippen LogP contribution in [0.5, 0.6) is 0 Å². The zero-order valence-electron chi connectivity index (χ0n) is 13.3. The molecule has 1 aromatic heterocycles. The summed E-state index contributed by atoms with van der Waals surface area (Å²) >= 11 is 1.79. The van der Waals surface area contributed by atoms with Gasteiger partial charge >= 0.3 is 0 Å². The summed E-state index contributed by atoms with van der Waals surface area (Å²) < 4.78 is 0. The maximum atomic E-state index is 4.39. The molecule has 0 fully saturated rings. The Hall–Kier alpha value is -1.15. The Kier molecular flexibility index (Phi) is 6.94. The molecule has 2 aromatic rings. The molecule has 1 heterocycles. The monoisotopic (exact) mass is 301 g/mol. The Morgan fingerprint density at radius 3 is 2.52 bits per heavy atom. The molecule has 1 atom stereocenters. The van der Waals surface area contributed by atoms with Crippen molar-refractivity contribution in [3.8, 4) is 0 Å². The number of thiazole rings is 1. The zero-order valence-corrected chi connectivity index (χ0v) is 14.1. The van der Waals surface area contributed by atoms with Crippen molar-refractivity contribution in [2.24, 2.45) is 11.8 Å². The predicted molar refractivity (Wildman–Crippen MR) is 92.8 cm³/mol. The van der Waals surface area contributed by atoms with Gasteiger partial charge in [0.1, 0.15) is 0 Å². The van der Waals surface area contributed by atoms with Crippen LogP contribution < -0.4 is 0 Å². The number of hydrogen-bond donors (Lipinski definition) is 0. The van der Waals surface area contributed by atoms with Gasteiger partial charge in [0.2, 0.25) is 0 Å². The molecule has 0 N–H and O–H groups in total. The van der Waals surface area contributed by atoms with Crippen LogP contribution in [0.1, 0.15) is 50.1 Å². The molecule has 0 amide bonds. The van der Waals surface area contributed by atoms with E-state index in [4.69, 9.17) is 0 Å². The fraction of sp³-hybridized carbons (Fsp3) is 0.526. The molecular formula is C19H27NS. The van der Waals surface area contributed by atoms with Gasteiger partial charge in [0.25, 0.3) is 0 Å². The van der Waals surface area contributed by atoms with E-state index in [9.17, 15) is 0 Å². The quantitative estimate of drug-likeness (QED) is 0.573. The molecular weight excluding hydrogens is 274 g/mol. The number of benzene rings is 1. The van der Waals surface area contributed by atoms with Gasteiger partial charge in [-0.3, -0.25) is 0 Å². The predicted octanol–water partition coefficient (Wildman–Crippen LogP) is 5.76. The van der Waals surface area contributed by atoms with Crippen LogP contribution in [0, 0.1) is 11.8 Å². The highest BCUT2D eigenvalue weighted by Gasteiger charge is 2.11. The van der Waals surface area contributed by atoms with Crippen LogP contribution in [0.3, 0.4) is 0 Å². The minimum Gasteiger partial charge on any atom is -0.250 e. The van der Waals surface area contributed by atoms with Crippen LogP contribution in [0.4, 0.5) is 0 Å². The van der Waals surface area contributed by atoms with Crippen LogP contribution in [0.25, 0.3) is 0 Å². The molecule has 1 unspecified atom stereocenters. The smallest absolute Gasteiger partial charge is 0.0924 e. The number of nitrogens with zero attached hydrogens (tertiary/aromatic N) is 1. The SMILES string of the molecule is CC(C)CC(CCCc1nccs1)CCc1ccccc1. The molecule has 0 bridgehead atoms. The Bertz CT molecular complexity index is 476. The van der Waals surface area contributed by atoms with E-state index in [1.807, 2.05) is 6.20 Å². The van der Waals surface area contributed by atoms with Crippen molar-refractivity contribution in [3.63, 3.8) is 0 Å². The molecule has 1 nitrogen and oxygen atoms in total. The molecule has 0 aliphatic rings. The minimum absolute atomic E-state index is 0.797. The van der Waals surface area contributed by atoms with Gasteiger partial charge in [0.05, 0.1) is 5.01 Å². The molecule has 1 aromatic carbocycles. The summed E-state index contributed by atoms with van der Waals surface area (Å²) in [5.41, 5.74) is 1.48. The van der Waals surface area contributed by atoms with E-state index in [0.29, 0.717) is 0 Å². The van der Waals surface area contributed by atoms with Crippen molar-refractivity contribution in [2.75, 3.05) is 0 Å². The molecule has 0 aliphatic heterocycles. The van der Waals surface area contributed by atoms with E-state index < -0.39 is 0 Å². The zero-order chi connectivity index (χ0) is 14.9. The Morgan fingerprint density at radius 2 is 1.86 bits per heavy atom. The third-order valence-electron chi connectivity index (χ3n) is 3.98. The first kappa shape index (κ1) is 16.2. The van der Waals surface area contributed by atoms with Gasteiger partial charge in [-0.05, 0) is 49.5 Å². The third-order valence-corrected chi connectivity index (χ3v) is 4.81. The van der Waals surface area contributed by atoms with Crippen LogP contribution in [-0.2, 0) is 12.8 Å². The second kappa shape index (κ2) is 8.99. The lowest BCUT2D eigenvalue weighted by Gasteiger charge is -2.19. The second-order valence-electron chi connectivity index (χ2n) is 6.34. The lowest BCUT2D eigenvalue weighted by Crippen LogP contribution is -2.07. The maximum absolute atomic E-state index is 4.39. The topological polar surface area (TPSA) is 12.9 Å². The lowest BCUT2D eigenvalue weighted by molar-refractivity contribution is 0.356. The number of aromatic nitrogens is 1. The number of rotatable bonds is 9. The molecule has 0 aliphatic carbocycles. The minimum atomic E-state index is 0.797. The molecule has 2 heteroatoms. The molecule has 0 radical (unpaired) electrons. The molecule has 2 rings (SSSR count). The Balaban J connectivity index is 1.76. The van der Waals surface area contributed by atoms with Crippen LogP contribution in [0.2, 0.25) is 0 Å². The highest BCUT2D eigenvalue weighted by Crippen LogP contribution is 2.24. The molecule has 21 heavy (non-hydrogen) atoms. The van der Waals surface area contributed by atoms with Gasteiger partial charge in [0, 0.05) is 11.6 Å². The van der Waals surface area contributed by atoms with Gasteiger partial charge in [-0.1, -0.05) is 50.6 Å². The first-order valence-electron chi connectivity index (χ1n) is 8.16. The average Bonchev–Trinajstić information content (AvgIpc) is 2.98. The van der Waals surface area contributed by atoms with Gasteiger partial charge in [-0.2, -0.15) is 0 Å². The summed E-state index contributed by atoms with van der Waals surface area (Å²) in [6.07, 6.45) is 9.57. The van der Waals surface area contributed by atoms with Gasteiger partial charge in [0.15, 0.2) is 0 Å². The Morgan fingerprint density at radius 1 is 1.05 bits per heavy atom. The van der Waals surface area contributed by atoms with Crippen molar-refractivity contribution < 1.29 is 0 Å².